The molecule has 0 saturated carbocycles. The quantitative estimate of drug-likeness (QED) is 0.607. The molecular formula is C13H16. The Balaban J connectivity index is 2.35. The van der Waals surface area contributed by atoms with Crippen LogP contribution in [0.3, 0.4) is 0 Å². The molecule has 1 aromatic carbocycles. The second-order valence-electron chi connectivity index (χ2n) is 3.74. The summed E-state index contributed by atoms with van der Waals surface area (Å²) >= 11 is 0. The maximum absolute atomic E-state index is 2.34. The Morgan fingerprint density at radius 2 is 1.85 bits per heavy atom. The first-order valence-electron chi connectivity index (χ1n) is 5.14. The van der Waals surface area contributed by atoms with Gasteiger partial charge in [0.15, 0.2) is 0 Å². The molecule has 0 spiro atoms. The molecule has 0 radical (unpaired) electrons. The lowest BCUT2D eigenvalue weighted by Gasteiger charge is -2.15. The zero-order valence-electron chi connectivity index (χ0n) is 8.22. The lowest BCUT2D eigenvalue weighted by molar-refractivity contribution is 0.685. The van der Waals surface area contributed by atoms with Gasteiger partial charge in [-0.2, -0.15) is 0 Å². The van der Waals surface area contributed by atoms with E-state index >= 15 is 0 Å². The van der Waals surface area contributed by atoms with E-state index in [1.54, 1.807) is 11.1 Å². The molecule has 0 saturated heterocycles. The fraction of sp³-hybridized carbons (Fsp3) is 0.385. The van der Waals surface area contributed by atoms with Gasteiger partial charge in [-0.1, -0.05) is 30.4 Å². The van der Waals surface area contributed by atoms with Gasteiger partial charge in [-0.25, -0.2) is 0 Å². The van der Waals surface area contributed by atoms with Crippen molar-refractivity contribution in [1.29, 1.82) is 0 Å². The van der Waals surface area contributed by atoms with E-state index in [-0.39, 0.29) is 0 Å². The van der Waals surface area contributed by atoms with Crippen LogP contribution in [0.5, 0.6) is 0 Å². The SMILES string of the molecule is CC=Cc1ccc2c(c1)CCCC2. The minimum Gasteiger partial charge on any atom is -0.0871 e. The Morgan fingerprint density at radius 1 is 1.08 bits per heavy atom. The molecule has 0 heterocycles. The standard InChI is InChI=1S/C13H16/c1-2-5-11-8-9-12-6-3-4-7-13(12)10-11/h2,5,8-10H,3-4,6-7H2,1H3. The van der Waals surface area contributed by atoms with E-state index in [2.05, 4.69) is 37.3 Å². The van der Waals surface area contributed by atoms with Crippen molar-refractivity contribution in [2.75, 3.05) is 0 Å². The van der Waals surface area contributed by atoms with Crippen LogP contribution in [0, 0.1) is 0 Å². The Morgan fingerprint density at radius 3 is 2.62 bits per heavy atom. The normalized spacial score (nSPS) is 16.1. The van der Waals surface area contributed by atoms with E-state index in [9.17, 15) is 0 Å². The van der Waals surface area contributed by atoms with Crippen molar-refractivity contribution in [3.05, 3.63) is 41.0 Å². The molecular weight excluding hydrogens is 156 g/mol. The van der Waals surface area contributed by atoms with Gasteiger partial charge in [-0.3, -0.25) is 0 Å². The molecule has 1 aromatic rings. The Labute approximate surface area is 80.3 Å². The van der Waals surface area contributed by atoms with Crippen molar-refractivity contribution in [3.63, 3.8) is 0 Å². The van der Waals surface area contributed by atoms with Gasteiger partial charge in [0.2, 0.25) is 0 Å². The van der Waals surface area contributed by atoms with E-state index in [4.69, 9.17) is 0 Å². The van der Waals surface area contributed by atoms with Crippen molar-refractivity contribution in [3.8, 4) is 0 Å². The lowest BCUT2D eigenvalue weighted by Crippen LogP contribution is -2.02. The van der Waals surface area contributed by atoms with Crippen molar-refractivity contribution in [1.82, 2.24) is 0 Å². The number of allylic oxidation sites excluding steroid dienone is 1. The van der Waals surface area contributed by atoms with Crippen LogP contribution < -0.4 is 0 Å². The van der Waals surface area contributed by atoms with E-state index < -0.39 is 0 Å². The van der Waals surface area contributed by atoms with Crippen LogP contribution in [0.1, 0.15) is 36.5 Å². The molecule has 0 aromatic heterocycles. The fourth-order valence-electron chi connectivity index (χ4n) is 2.05. The van der Waals surface area contributed by atoms with Crippen molar-refractivity contribution in [2.24, 2.45) is 0 Å². The van der Waals surface area contributed by atoms with Crippen LogP contribution in [0.25, 0.3) is 6.08 Å². The monoisotopic (exact) mass is 172 g/mol. The van der Waals surface area contributed by atoms with Gasteiger partial charge in [-0.05, 0) is 49.3 Å². The average Bonchev–Trinajstić information content (AvgIpc) is 2.18. The minimum absolute atomic E-state index is 1.28. The fourth-order valence-corrected chi connectivity index (χ4v) is 2.05. The molecule has 13 heavy (non-hydrogen) atoms. The summed E-state index contributed by atoms with van der Waals surface area (Å²) in [5, 5.41) is 0. The van der Waals surface area contributed by atoms with Gasteiger partial charge in [0.1, 0.15) is 0 Å². The number of hydrogen-bond donors (Lipinski definition) is 0. The molecule has 0 fully saturated rings. The van der Waals surface area contributed by atoms with Crippen LogP contribution in [-0.2, 0) is 12.8 Å². The summed E-state index contributed by atoms with van der Waals surface area (Å²) in [6.45, 7) is 2.07. The summed E-state index contributed by atoms with van der Waals surface area (Å²) in [7, 11) is 0. The second kappa shape index (κ2) is 3.78. The number of fused-ring (bicyclic) bond motifs is 1. The summed E-state index contributed by atoms with van der Waals surface area (Å²) in [5.41, 5.74) is 4.49. The first kappa shape index (κ1) is 8.55. The Bertz CT molecular complexity index is 321. The molecule has 1 aliphatic carbocycles. The third kappa shape index (κ3) is 1.82. The summed E-state index contributed by atoms with van der Waals surface area (Å²) < 4.78 is 0. The van der Waals surface area contributed by atoms with Gasteiger partial charge in [0, 0.05) is 0 Å². The predicted molar refractivity (Wildman–Crippen MR) is 57.8 cm³/mol. The van der Waals surface area contributed by atoms with E-state index in [1.165, 1.54) is 31.2 Å². The average molecular weight is 172 g/mol. The van der Waals surface area contributed by atoms with E-state index in [0.717, 1.165) is 0 Å². The Hall–Kier alpha value is -1.04. The first-order valence-corrected chi connectivity index (χ1v) is 5.14. The van der Waals surface area contributed by atoms with Crippen LogP contribution in [0.15, 0.2) is 24.3 Å². The van der Waals surface area contributed by atoms with Crippen LogP contribution in [0.2, 0.25) is 0 Å². The van der Waals surface area contributed by atoms with E-state index in [0.29, 0.717) is 0 Å². The second-order valence-corrected chi connectivity index (χ2v) is 3.74. The zero-order chi connectivity index (χ0) is 9.10. The van der Waals surface area contributed by atoms with Gasteiger partial charge >= 0.3 is 0 Å². The first-order chi connectivity index (χ1) is 6.40. The number of rotatable bonds is 1. The highest BCUT2D eigenvalue weighted by molar-refractivity contribution is 5.51. The molecule has 0 unspecified atom stereocenters. The Kier molecular flexibility index (Phi) is 2.49. The summed E-state index contributed by atoms with van der Waals surface area (Å²) in [6.07, 6.45) is 9.58. The molecule has 68 valence electrons. The van der Waals surface area contributed by atoms with Crippen LogP contribution >= 0.6 is 0 Å². The third-order valence-electron chi connectivity index (χ3n) is 2.73. The van der Waals surface area contributed by atoms with E-state index in [1.807, 2.05) is 0 Å². The largest absolute Gasteiger partial charge is 0.0871 e. The molecule has 0 nitrogen and oxygen atoms in total. The van der Waals surface area contributed by atoms with Gasteiger partial charge in [-0.15, -0.1) is 0 Å². The number of hydrogen-bond acceptors (Lipinski definition) is 0. The summed E-state index contributed by atoms with van der Waals surface area (Å²) in [5.74, 6) is 0. The topological polar surface area (TPSA) is 0 Å². The molecule has 0 amide bonds. The van der Waals surface area contributed by atoms with Crippen molar-refractivity contribution in [2.45, 2.75) is 32.6 Å². The number of aryl methyl sites for hydroxylation is 2. The van der Waals surface area contributed by atoms with Crippen molar-refractivity contribution < 1.29 is 0 Å². The molecule has 0 heteroatoms. The molecule has 0 atom stereocenters. The lowest BCUT2D eigenvalue weighted by atomic mass is 9.90. The molecule has 0 N–H and O–H groups in total. The number of benzene rings is 1. The minimum atomic E-state index is 1.28. The zero-order valence-corrected chi connectivity index (χ0v) is 8.22. The highest BCUT2D eigenvalue weighted by Gasteiger charge is 2.07. The summed E-state index contributed by atoms with van der Waals surface area (Å²) in [6, 6.07) is 6.86. The summed E-state index contributed by atoms with van der Waals surface area (Å²) in [4.78, 5) is 0. The highest BCUT2D eigenvalue weighted by atomic mass is 14.1. The van der Waals surface area contributed by atoms with Crippen LogP contribution in [0.4, 0.5) is 0 Å². The van der Waals surface area contributed by atoms with Crippen molar-refractivity contribution >= 4 is 6.08 Å². The van der Waals surface area contributed by atoms with Gasteiger partial charge in [0.25, 0.3) is 0 Å². The molecule has 0 aliphatic heterocycles. The third-order valence-corrected chi connectivity index (χ3v) is 2.73. The molecule has 2 rings (SSSR count). The van der Waals surface area contributed by atoms with Crippen LogP contribution in [-0.4, -0.2) is 0 Å². The maximum atomic E-state index is 2.34. The van der Waals surface area contributed by atoms with Gasteiger partial charge < -0.3 is 0 Å². The molecule has 1 aliphatic rings. The predicted octanol–water partition coefficient (Wildman–Crippen LogP) is 3.60. The maximum Gasteiger partial charge on any atom is -0.0257 e. The highest BCUT2D eigenvalue weighted by Crippen LogP contribution is 2.22. The van der Waals surface area contributed by atoms with Gasteiger partial charge in [0.05, 0.1) is 0 Å². The molecule has 0 bridgehead atoms. The smallest absolute Gasteiger partial charge is 0.0257 e.